The van der Waals surface area contributed by atoms with Crippen LogP contribution in [0.4, 0.5) is 0 Å². The first-order valence-electron chi connectivity index (χ1n) is 7.97. The standard InChI is InChI=1S/C17H35N/c1-7-10-11-12-15(4)13-14-16(5)18(6)17(8-2)9-3/h15,17H,5,7-14H2,1-4,6H3. The van der Waals surface area contributed by atoms with Gasteiger partial charge in [-0.05, 0) is 31.6 Å². The van der Waals surface area contributed by atoms with E-state index in [9.17, 15) is 0 Å². The fourth-order valence-corrected chi connectivity index (χ4v) is 2.57. The van der Waals surface area contributed by atoms with Crippen LogP contribution in [0.1, 0.15) is 79.1 Å². The lowest BCUT2D eigenvalue weighted by atomic mass is 9.97. The molecule has 0 aliphatic heterocycles. The molecule has 1 nitrogen and oxygen atoms in total. The maximum absolute atomic E-state index is 4.27. The number of rotatable bonds is 11. The molecule has 0 amide bonds. The van der Waals surface area contributed by atoms with Crippen LogP contribution in [0.25, 0.3) is 0 Å². The largest absolute Gasteiger partial charge is 0.375 e. The van der Waals surface area contributed by atoms with Crippen LogP contribution in [0, 0.1) is 5.92 Å². The summed E-state index contributed by atoms with van der Waals surface area (Å²) in [7, 11) is 2.21. The van der Waals surface area contributed by atoms with Gasteiger partial charge in [0.25, 0.3) is 0 Å². The lowest BCUT2D eigenvalue weighted by Gasteiger charge is -2.30. The van der Waals surface area contributed by atoms with Crippen molar-refractivity contribution in [2.24, 2.45) is 5.92 Å². The molecule has 0 aliphatic rings. The van der Waals surface area contributed by atoms with Crippen LogP contribution in [-0.4, -0.2) is 18.0 Å². The monoisotopic (exact) mass is 253 g/mol. The van der Waals surface area contributed by atoms with Gasteiger partial charge in [-0.3, -0.25) is 0 Å². The smallest absolute Gasteiger partial charge is 0.0278 e. The molecule has 1 unspecified atom stereocenters. The van der Waals surface area contributed by atoms with Gasteiger partial charge in [-0.15, -0.1) is 0 Å². The molecular formula is C17H35N. The first kappa shape index (κ1) is 17.5. The van der Waals surface area contributed by atoms with Gasteiger partial charge in [0.2, 0.25) is 0 Å². The fourth-order valence-electron chi connectivity index (χ4n) is 2.57. The quantitative estimate of drug-likeness (QED) is 0.432. The first-order valence-corrected chi connectivity index (χ1v) is 7.97. The summed E-state index contributed by atoms with van der Waals surface area (Å²) in [4.78, 5) is 2.40. The molecule has 1 atom stereocenters. The van der Waals surface area contributed by atoms with Gasteiger partial charge < -0.3 is 4.90 Å². The highest BCUT2D eigenvalue weighted by Gasteiger charge is 2.12. The Labute approximate surface area is 116 Å². The van der Waals surface area contributed by atoms with Crippen molar-refractivity contribution >= 4 is 0 Å². The Morgan fingerprint density at radius 1 is 1.06 bits per heavy atom. The summed E-state index contributed by atoms with van der Waals surface area (Å²) in [6.07, 6.45) is 10.4. The lowest BCUT2D eigenvalue weighted by molar-refractivity contribution is 0.273. The van der Waals surface area contributed by atoms with Crippen LogP contribution in [0.15, 0.2) is 12.3 Å². The third kappa shape index (κ3) is 7.08. The SMILES string of the molecule is C=C(CCC(C)CCCCC)N(C)C(CC)CC. The highest BCUT2D eigenvalue weighted by molar-refractivity contribution is 4.95. The molecule has 1 heteroatoms. The van der Waals surface area contributed by atoms with Crippen molar-refractivity contribution < 1.29 is 0 Å². The van der Waals surface area contributed by atoms with Crippen LogP contribution in [0.5, 0.6) is 0 Å². The van der Waals surface area contributed by atoms with Crippen LogP contribution in [0.3, 0.4) is 0 Å². The van der Waals surface area contributed by atoms with Crippen molar-refractivity contribution in [1.29, 1.82) is 0 Å². The molecule has 0 aliphatic carbocycles. The minimum atomic E-state index is 0.674. The van der Waals surface area contributed by atoms with E-state index < -0.39 is 0 Å². The molecule has 0 fully saturated rings. The van der Waals surface area contributed by atoms with E-state index in [4.69, 9.17) is 0 Å². The zero-order valence-corrected chi connectivity index (χ0v) is 13.5. The van der Waals surface area contributed by atoms with Crippen molar-refractivity contribution in [2.75, 3.05) is 7.05 Å². The number of unbranched alkanes of at least 4 members (excludes halogenated alkanes) is 2. The van der Waals surface area contributed by atoms with Gasteiger partial charge in [-0.25, -0.2) is 0 Å². The molecule has 0 rings (SSSR count). The Bertz CT molecular complexity index is 206. The Kier molecular flexibility index (Phi) is 10.2. The first-order chi connectivity index (χ1) is 8.56. The molecule has 0 aromatic heterocycles. The number of nitrogens with zero attached hydrogens (tertiary/aromatic N) is 1. The summed E-state index contributed by atoms with van der Waals surface area (Å²) >= 11 is 0. The second kappa shape index (κ2) is 10.5. The summed E-state index contributed by atoms with van der Waals surface area (Å²) in [5.74, 6) is 0.850. The molecule has 0 spiro atoms. The van der Waals surface area contributed by atoms with E-state index >= 15 is 0 Å². The Balaban J connectivity index is 3.87. The van der Waals surface area contributed by atoms with Crippen molar-refractivity contribution in [2.45, 2.75) is 85.1 Å². The number of allylic oxidation sites excluding steroid dienone is 1. The summed E-state index contributed by atoms with van der Waals surface area (Å²) in [6, 6.07) is 0.674. The molecule has 0 N–H and O–H groups in total. The van der Waals surface area contributed by atoms with Gasteiger partial charge in [0.05, 0.1) is 0 Å². The van der Waals surface area contributed by atoms with E-state index in [0.717, 1.165) is 5.92 Å². The van der Waals surface area contributed by atoms with Gasteiger partial charge in [0.15, 0.2) is 0 Å². The van der Waals surface area contributed by atoms with Crippen molar-refractivity contribution in [3.05, 3.63) is 12.3 Å². The van der Waals surface area contributed by atoms with E-state index in [1.165, 1.54) is 57.1 Å². The van der Waals surface area contributed by atoms with Crippen LogP contribution in [0.2, 0.25) is 0 Å². The van der Waals surface area contributed by atoms with Crippen molar-refractivity contribution in [3.63, 3.8) is 0 Å². The van der Waals surface area contributed by atoms with Crippen LogP contribution < -0.4 is 0 Å². The van der Waals surface area contributed by atoms with Gasteiger partial charge >= 0.3 is 0 Å². The fraction of sp³-hybridized carbons (Fsp3) is 0.882. The molecular weight excluding hydrogens is 218 g/mol. The number of hydrogen-bond donors (Lipinski definition) is 0. The van der Waals surface area contributed by atoms with Gasteiger partial charge in [-0.1, -0.05) is 60.0 Å². The Morgan fingerprint density at radius 2 is 1.67 bits per heavy atom. The average molecular weight is 253 g/mol. The van der Waals surface area contributed by atoms with Crippen LogP contribution in [-0.2, 0) is 0 Å². The van der Waals surface area contributed by atoms with E-state index in [2.05, 4.69) is 46.2 Å². The van der Waals surface area contributed by atoms with Gasteiger partial charge in [0, 0.05) is 18.8 Å². The molecule has 0 bridgehead atoms. The maximum Gasteiger partial charge on any atom is 0.0278 e. The van der Waals surface area contributed by atoms with Crippen molar-refractivity contribution in [3.8, 4) is 0 Å². The third-order valence-electron chi connectivity index (χ3n) is 4.22. The second-order valence-electron chi connectivity index (χ2n) is 5.79. The lowest BCUT2D eigenvalue weighted by Crippen LogP contribution is -2.29. The summed E-state index contributed by atoms with van der Waals surface area (Å²) in [5.41, 5.74) is 1.33. The number of hydrogen-bond acceptors (Lipinski definition) is 1. The Morgan fingerprint density at radius 3 is 2.17 bits per heavy atom. The van der Waals surface area contributed by atoms with E-state index in [-0.39, 0.29) is 0 Å². The molecule has 0 saturated carbocycles. The van der Waals surface area contributed by atoms with E-state index in [1.54, 1.807) is 0 Å². The zero-order valence-electron chi connectivity index (χ0n) is 13.5. The predicted molar refractivity (Wildman–Crippen MR) is 83.8 cm³/mol. The molecule has 108 valence electrons. The molecule has 0 heterocycles. The molecule has 0 saturated heterocycles. The normalized spacial score (nSPS) is 12.8. The third-order valence-corrected chi connectivity index (χ3v) is 4.22. The van der Waals surface area contributed by atoms with Crippen LogP contribution >= 0.6 is 0 Å². The summed E-state index contributed by atoms with van der Waals surface area (Å²) in [5, 5.41) is 0. The zero-order chi connectivity index (χ0) is 14.0. The van der Waals surface area contributed by atoms with E-state index in [1.807, 2.05) is 0 Å². The minimum Gasteiger partial charge on any atom is -0.375 e. The topological polar surface area (TPSA) is 3.24 Å². The average Bonchev–Trinajstić information content (AvgIpc) is 2.37. The second-order valence-corrected chi connectivity index (χ2v) is 5.79. The predicted octanol–water partition coefficient (Wildman–Crippen LogP) is 5.62. The van der Waals surface area contributed by atoms with Gasteiger partial charge in [-0.2, -0.15) is 0 Å². The highest BCUT2D eigenvalue weighted by Crippen LogP contribution is 2.21. The minimum absolute atomic E-state index is 0.674. The highest BCUT2D eigenvalue weighted by atomic mass is 15.1. The molecule has 0 radical (unpaired) electrons. The Hall–Kier alpha value is -0.460. The molecule has 18 heavy (non-hydrogen) atoms. The molecule has 0 aromatic rings. The summed E-state index contributed by atoms with van der Waals surface area (Å²) < 4.78 is 0. The molecule has 0 aromatic carbocycles. The summed E-state index contributed by atoms with van der Waals surface area (Å²) in [6.45, 7) is 13.5. The maximum atomic E-state index is 4.27. The van der Waals surface area contributed by atoms with Crippen molar-refractivity contribution in [1.82, 2.24) is 4.90 Å². The van der Waals surface area contributed by atoms with E-state index in [0.29, 0.717) is 6.04 Å². The van der Waals surface area contributed by atoms with Gasteiger partial charge in [0.1, 0.15) is 0 Å².